The van der Waals surface area contributed by atoms with Gasteiger partial charge in [-0.2, -0.15) is 5.26 Å². The van der Waals surface area contributed by atoms with Crippen molar-refractivity contribution in [3.05, 3.63) is 58.3 Å². The van der Waals surface area contributed by atoms with Crippen molar-refractivity contribution >= 4 is 5.91 Å². The molecule has 6 nitrogen and oxygen atoms in total. The van der Waals surface area contributed by atoms with Crippen molar-refractivity contribution < 1.29 is 9.18 Å². The zero-order valence-electron chi connectivity index (χ0n) is 18.0. The van der Waals surface area contributed by atoms with Gasteiger partial charge < -0.3 is 15.2 Å². The minimum Gasteiger partial charge on any atom is -0.343 e. The molecule has 0 unspecified atom stereocenters. The molecular formula is C23H31FN4O2. The van der Waals surface area contributed by atoms with Gasteiger partial charge in [-0.1, -0.05) is 25.0 Å². The van der Waals surface area contributed by atoms with E-state index in [1.807, 2.05) is 6.07 Å². The molecule has 0 saturated carbocycles. The molecule has 1 aliphatic rings. The molecule has 0 spiro atoms. The number of carbonyl (C=O) groups is 1. The number of rotatable bonds is 2. The maximum Gasteiger partial charge on any atom is 0.250 e. The van der Waals surface area contributed by atoms with Crippen LogP contribution in [0, 0.1) is 24.1 Å². The van der Waals surface area contributed by atoms with E-state index < -0.39 is 0 Å². The molecule has 30 heavy (non-hydrogen) atoms. The normalized spacial score (nSPS) is 12.8. The Balaban J connectivity index is 0.000000267. The Kier molecular flexibility index (Phi) is 11.8. The van der Waals surface area contributed by atoms with E-state index in [0.717, 1.165) is 11.1 Å². The molecule has 0 atom stereocenters. The van der Waals surface area contributed by atoms with Crippen LogP contribution in [0.25, 0.3) is 11.1 Å². The number of nitrogens with one attached hydrogen (secondary N) is 2. The fraction of sp³-hybridized carbons (Fsp3) is 0.435. The Morgan fingerprint density at radius 2 is 1.80 bits per heavy atom. The van der Waals surface area contributed by atoms with E-state index in [1.54, 1.807) is 38.4 Å². The number of amides is 1. The van der Waals surface area contributed by atoms with Gasteiger partial charge in [0.2, 0.25) is 11.5 Å². The second kappa shape index (κ2) is 14.1. The molecule has 1 saturated heterocycles. The molecule has 0 aliphatic carbocycles. The van der Waals surface area contributed by atoms with Gasteiger partial charge in [0.15, 0.2) is 0 Å². The standard InChI is InChI=1S/C13H12FNO.C6H13N.C4H6N2O/c1-9-3-4-10(7-12(9)14)11-5-6-13(16)15(2)8-11;1-2-4-6-7-5-3-1;1-4(7)6-3-2-5/h3-8H,1-2H3;7H,1-6H2;3H2,1H3,(H,6,7). The zero-order chi connectivity index (χ0) is 22.4. The van der Waals surface area contributed by atoms with Crippen LogP contribution in [0.3, 0.4) is 0 Å². The third-order valence-electron chi connectivity index (χ3n) is 4.46. The van der Waals surface area contributed by atoms with E-state index in [0.29, 0.717) is 5.56 Å². The van der Waals surface area contributed by atoms with E-state index >= 15 is 0 Å². The van der Waals surface area contributed by atoms with Crippen LogP contribution in [0.4, 0.5) is 4.39 Å². The van der Waals surface area contributed by atoms with Crippen LogP contribution >= 0.6 is 0 Å². The lowest BCUT2D eigenvalue weighted by Crippen LogP contribution is -2.19. The molecule has 1 aromatic heterocycles. The molecule has 2 aromatic rings. The van der Waals surface area contributed by atoms with Crippen molar-refractivity contribution in [2.75, 3.05) is 19.6 Å². The van der Waals surface area contributed by atoms with Gasteiger partial charge in [-0.25, -0.2) is 4.39 Å². The molecule has 1 amide bonds. The second-order valence-electron chi connectivity index (χ2n) is 7.06. The summed E-state index contributed by atoms with van der Waals surface area (Å²) in [5, 5.41) is 13.5. The predicted molar refractivity (Wildman–Crippen MR) is 117 cm³/mol. The van der Waals surface area contributed by atoms with Crippen LogP contribution in [0.1, 0.15) is 38.2 Å². The highest BCUT2D eigenvalue weighted by molar-refractivity contribution is 5.73. The van der Waals surface area contributed by atoms with Crippen molar-refractivity contribution in [3.8, 4) is 17.2 Å². The number of nitriles is 1. The van der Waals surface area contributed by atoms with Crippen LogP contribution in [-0.4, -0.2) is 30.1 Å². The summed E-state index contributed by atoms with van der Waals surface area (Å²) in [6, 6.07) is 10.0. The van der Waals surface area contributed by atoms with E-state index in [9.17, 15) is 14.0 Å². The number of aryl methyl sites for hydroxylation is 2. The van der Waals surface area contributed by atoms with Crippen LogP contribution < -0.4 is 16.2 Å². The molecule has 0 radical (unpaired) electrons. The highest BCUT2D eigenvalue weighted by atomic mass is 19.1. The third kappa shape index (κ3) is 9.99. The summed E-state index contributed by atoms with van der Waals surface area (Å²) >= 11 is 0. The van der Waals surface area contributed by atoms with Crippen LogP contribution in [-0.2, 0) is 11.8 Å². The van der Waals surface area contributed by atoms with Crippen LogP contribution in [0.2, 0.25) is 0 Å². The first-order chi connectivity index (χ1) is 14.3. The summed E-state index contributed by atoms with van der Waals surface area (Å²) < 4.78 is 14.9. The Bertz CT molecular complexity index is 883. The SMILES string of the molecule is C1CCCNCC1.CC(=O)NCC#N.Cc1ccc(-c2ccc(=O)n(C)c2)cc1F. The minimum atomic E-state index is -0.230. The summed E-state index contributed by atoms with van der Waals surface area (Å²) in [6.45, 7) is 5.70. The Hall–Kier alpha value is -2.98. The molecule has 2 N–H and O–H groups in total. The van der Waals surface area contributed by atoms with E-state index in [4.69, 9.17) is 5.26 Å². The lowest BCUT2D eigenvalue weighted by molar-refractivity contribution is -0.118. The Labute approximate surface area is 177 Å². The van der Waals surface area contributed by atoms with Crippen molar-refractivity contribution in [2.24, 2.45) is 7.05 Å². The summed E-state index contributed by atoms with van der Waals surface area (Å²) in [5.41, 5.74) is 2.16. The average molecular weight is 415 g/mol. The second-order valence-corrected chi connectivity index (χ2v) is 7.06. The largest absolute Gasteiger partial charge is 0.343 e. The number of aromatic nitrogens is 1. The van der Waals surface area contributed by atoms with Gasteiger partial charge in [-0.3, -0.25) is 9.59 Å². The minimum absolute atomic E-state index is 0.0728. The van der Waals surface area contributed by atoms with E-state index in [1.165, 1.54) is 62.4 Å². The van der Waals surface area contributed by atoms with Crippen molar-refractivity contribution in [1.82, 2.24) is 15.2 Å². The van der Waals surface area contributed by atoms with E-state index in [2.05, 4.69) is 10.6 Å². The molecule has 3 rings (SSSR count). The summed E-state index contributed by atoms with van der Waals surface area (Å²) in [7, 11) is 1.68. The quantitative estimate of drug-likeness (QED) is 0.738. The van der Waals surface area contributed by atoms with Crippen LogP contribution in [0.5, 0.6) is 0 Å². The monoisotopic (exact) mass is 414 g/mol. The molecule has 1 aliphatic heterocycles. The number of halogens is 1. The predicted octanol–water partition coefficient (Wildman–Crippen LogP) is 3.30. The fourth-order valence-corrected chi connectivity index (χ4v) is 2.68. The lowest BCUT2D eigenvalue weighted by Gasteiger charge is -2.05. The van der Waals surface area contributed by atoms with Crippen molar-refractivity contribution in [1.29, 1.82) is 5.26 Å². The molecule has 0 bridgehead atoms. The molecular weight excluding hydrogens is 383 g/mol. The number of carbonyl (C=O) groups excluding carboxylic acids is 1. The lowest BCUT2D eigenvalue weighted by atomic mass is 10.1. The van der Waals surface area contributed by atoms with Crippen LogP contribution in [0.15, 0.2) is 41.3 Å². The number of hydrogen-bond acceptors (Lipinski definition) is 4. The topological polar surface area (TPSA) is 86.9 Å². The molecule has 1 aromatic carbocycles. The van der Waals surface area contributed by atoms with Gasteiger partial charge in [-0.15, -0.1) is 0 Å². The first kappa shape index (κ1) is 25.1. The van der Waals surface area contributed by atoms with Gasteiger partial charge in [-0.05, 0) is 61.7 Å². The van der Waals surface area contributed by atoms with Gasteiger partial charge >= 0.3 is 0 Å². The van der Waals surface area contributed by atoms with E-state index in [-0.39, 0.29) is 23.8 Å². The molecule has 162 valence electrons. The highest BCUT2D eigenvalue weighted by Gasteiger charge is 2.03. The van der Waals surface area contributed by atoms with Gasteiger partial charge in [0, 0.05) is 26.2 Å². The Morgan fingerprint density at radius 3 is 2.30 bits per heavy atom. The third-order valence-corrected chi connectivity index (χ3v) is 4.46. The van der Waals surface area contributed by atoms with Gasteiger partial charge in [0.05, 0.1) is 6.07 Å². The molecule has 1 fully saturated rings. The van der Waals surface area contributed by atoms with Gasteiger partial charge in [0.25, 0.3) is 0 Å². The van der Waals surface area contributed by atoms with Gasteiger partial charge in [0.1, 0.15) is 12.4 Å². The highest BCUT2D eigenvalue weighted by Crippen LogP contribution is 2.20. The number of benzene rings is 1. The summed E-state index contributed by atoms with van der Waals surface area (Å²) in [6.07, 6.45) is 7.35. The number of nitrogens with zero attached hydrogens (tertiary/aromatic N) is 2. The zero-order valence-corrected chi connectivity index (χ0v) is 18.0. The maximum atomic E-state index is 13.4. The first-order valence-corrected chi connectivity index (χ1v) is 10.1. The fourth-order valence-electron chi connectivity index (χ4n) is 2.68. The number of hydrogen-bond donors (Lipinski definition) is 2. The summed E-state index contributed by atoms with van der Waals surface area (Å²) in [5.74, 6) is -0.395. The van der Waals surface area contributed by atoms with Crippen molar-refractivity contribution in [3.63, 3.8) is 0 Å². The Morgan fingerprint density at radius 1 is 1.17 bits per heavy atom. The first-order valence-electron chi connectivity index (χ1n) is 10.1. The molecule has 2 heterocycles. The average Bonchev–Trinajstić information content (AvgIpc) is 3.04. The smallest absolute Gasteiger partial charge is 0.250 e. The summed E-state index contributed by atoms with van der Waals surface area (Å²) in [4.78, 5) is 21.2. The number of pyridine rings is 1. The van der Waals surface area contributed by atoms with Crippen molar-refractivity contribution in [2.45, 2.75) is 39.5 Å². The molecule has 7 heteroatoms. The maximum absolute atomic E-state index is 13.4.